The summed E-state index contributed by atoms with van der Waals surface area (Å²) in [7, 11) is 0. The number of benzene rings is 1. The predicted molar refractivity (Wildman–Crippen MR) is 67.1 cm³/mol. The first-order valence-corrected chi connectivity index (χ1v) is 5.86. The molecular formula is C13H15NO4. The third kappa shape index (κ3) is 3.15. The fourth-order valence-electron chi connectivity index (χ4n) is 1.85. The monoisotopic (exact) mass is 249 g/mol. The minimum absolute atomic E-state index is 0.104. The van der Waals surface area contributed by atoms with Crippen molar-refractivity contribution in [3.8, 4) is 0 Å². The van der Waals surface area contributed by atoms with Crippen LogP contribution in [0.15, 0.2) is 29.8 Å². The molecule has 1 fully saturated rings. The number of non-ortho nitro benzene ring substituents is 1. The van der Waals surface area contributed by atoms with Gasteiger partial charge in [-0.3, -0.25) is 10.1 Å². The van der Waals surface area contributed by atoms with Gasteiger partial charge in [0.1, 0.15) is 0 Å². The molecule has 2 rings (SSSR count). The van der Waals surface area contributed by atoms with Crippen molar-refractivity contribution in [1.82, 2.24) is 0 Å². The van der Waals surface area contributed by atoms with Crippen molar-refractivity contribution in [2.45, 2.75) is 19.6 Å². The SMILES string of the molecule is CCO[C@@H]1C/C(=C/c2ccc([N+](=O)[O-])cc2)CO1. The molecule has 1 saturated heterocycles. The van der Waals surface area contributed by atoms with Gasteiger partial charge < -0.3 is 9.47 Å². The summed E-state index contributed by atoms with van der Waals surface area (Å²) < 4.78 is 10.8. The molecule has 18 heavy (non-hydrogen) atoms. The fraction of sp³-hybridized carbons (Fsp3) is 0.385. The average Bonchev–Trinajstić information content (AvgIpc) is 2.78. The number of hydrogen-bond acceptors (Lipinski definition) is 4. The Kier molecular flexibility index (Phi) is 4.07. The standard InChI is InChI=1S/C13H15NO4/c1-2-17-13-8-11(9-18-13)7-10-3-5-12(6-4-10)14(15)16/h3-7,13H,2,8-9H2,1H3/b11-7-/t13-/m0/s1. The Morgan fingerprint density at radius 2 is 2.22 bits per heavy atom. The van der Waals surface area contributed by atoms with E-state index >= 15 is 0 Å². The van der Waals surface area contributed by atoms with Gasteiger partial charge in [0.15, 0.2) is 6.29 Å². The molecule has 0 spiro atoms. The van der Waals surface area contributed by atoms with Gasteiger partial charge in [-0.1, -0.05) is 6.08 Å². The Bertz CT molecular complexity index is 453. The van der Waals surface area contributed by atoms with Gasteiger partial charge in [-0.2, -0.15) is 0 Å². The zero-order valence-electron chi connectivity index (χ0n) is 10.2. The fourth-order valence-corrected chi connectivity index (χ4v) is 1.85. The van der Waals surface area contributed by atoms with E-state index in [4.69, 9.17) is 9.47 Å². The van der Waals surface area contributed by atoms with Gasteiger partial charge in [-0.15, -0.1) is 0 Å². The number of nitro benzene ring substituents is 1. The van der Waals surface area contributed by atoms with Crippen LogP contribution >= 0.6 is 0 Å². The molecule has 0 aromatic heterocycles. The molecule has 0 saturated carbocycles. The van der Waals surface area contributed by atoms with E-state index in [1.54, 1.807) is 12.1 Å². The normalized spacial score (nSPS) is 21.4. The van der Waals surface area contributed by atoms with Crippen LogP contribution in [0.2, 0.25) is 0 Å². The molecule has 1 aliphatic rings. The minimum atomic E-state index is -0.402. The molecular weight excluding hydrogens is 234 g/mol. The molecule has 0 N–H and O–H groups in total. The number of nitro groups is 1. The van der Waals surface area contributed by atoms with Gasteiger partial charge >= 0.3 is 0 Å². The van der Waals surface area contributed by atoms with Crippen LogP contribution in [0.5, 0.6) is 0 Å². The highest BCUT2D eigenvalue weighted by molar-refractivity contribution is 5.55. The molecule has 1 heterocycles. The topological polar surface area (TPSA) is 61.6 Å². The van der Waals surface area contributed by atoms with Crippen molar-refractivity contribution in [3.05, 3.63) is 45.5 Å². The summed E-state index contributed by atoms with van der Waals surface area (Å²) in [6.45, 7) is 3.12. The van der Waals surface area contributed by atoms with Crippen molar-refractivity contribution in [3.63, 3.8) is 0 Å². The molecule has 0 bridgehead atoms. The van der Waals surface area contributed by atoms with Crippen molar-refractivity contribution < 1.29 is 14.4 Å². The van der Waals surface area contributed by atoms with E-state index in [0.29, 0.717) is 13.2 Å². The van der Waals surface area contributed by atoms with Crippen molar-refractivity contribution in [2.75, 3.05) is 13.2 Å². The van der Waals surface area contributed by atoms with Crippen LogP contribution in [0.4, 0.5) is 5.69 Å². The number of nitrogens with zero attached hydrogens (tertiary/aromatic N) is 1. The van der Waals surface area contributed by atoms with Crippen LogP contribution in [-0.2, 0) is 9.47 Å². The van der Waals surface area contributed by atoms with E-state index in [-0.39, 0.29) is 12.0 Å². The highest BCUT2D eigenvalue weighted by Crippen LogP contribution is 2.23. The smallest absolute Gasteiger partial charge is 0.269 e. The van der Waals surface area contributed by atoms with Crippen LogP contribution in [0.1, 0.15) is 18.9 Å². The Labute approximate surface area is 105 Å². The van der Waals surface area contributed by atoms with E-state index in [1.807, 2.05) is 13.0 Å². The summed E-state index contributed by atoms with van der Waals surface area (Å²) in [4.78, 5) is 10.1. The van der Waals surface area contributed by atoms with E-state index in [9.17, 15) is 10.1 Å². The molecule has 5 nitrogen and oxygen atoms in total. The number of ether oxygens (including phenoxy) is 2. The highest BCUT2D eigenvalue weighted by Gasteiger charge is 2.19. The maximum absolute atomic E-state index is 10.5. The Balaban J connectivity index is 2.03. The van der Waals surface area contributed by atoms with Crippen molar-refractivity contribution in [2.24, 2.45) is 0 Å². The predicted octanol–water partition coefficient (Wildman–Crippen LogP) is 2.76. The highest BCUT2D eigenvalue weighted by atomic mass is 16.7. The van der Waals surface area contributed by atoms with Crippen molar-refractivity contribution >= 4 is 11.8 Å². The van der Waals surface area contributed by atoms with E-state index in [0.717, 1.165) is 17.6 Å². The third-order valence-corrected chi connectivity index (χ3v) is 2.71. The zero-order chi connectivity index (χ0) is 13.0. The maximum atomic E-state index is 10.5. The number of hydrogen-bond donors (Lipinski definition) is 0. The molecule has 0 radical (unpaired) electrons. The summed E-state index contributed by atoms with van der Waals surface area (Å²) in [5.41, 5.74) is 2.19. The summed E-state index contributed by atoms with van der Waals surface area (Å²) >= 11 is 0. The Morgan fingerprint density at radius 1 is 1.50 bits per heavy atom. The molecule has 1 atom stereocenters. The van der Waals surface area contributed by atoms with E-state index in [2.05, 4.69) is 0 Å². The van der Waals surface area contributed by atoms with Gasteiger partial charge in [-0.25, -0.2) is 0 Å². The molecule has 5 heteroatoms. The largest absolute Gasteiger partial charge is 0.353 e. The van der Waals surface area contributed by atoms with Crippen LogP contribution in [-0.4, -0.2) is 24.4 Å². The molecule has 96 valence electrons. The molecule has 0 unspecified atom stereocenters. The van der Waals surface area contributed by atoms with Gasteiger partial charge in [0.05, 0.1) is 11.5 Å². The lowest BCUT2D eigenvalue weighted by molar-refractivity contribution is -0.384. The lowest BCUT2D eigenvalue weighted by atomic mass is 10.1. The molecule has 0 aliphatic carbocycles. The van der Waals surface area contributed by atoms with E-state index < -0.39 is 4.92 Å². The van der Waals surface area contributed by atoms with Gasteiger partial charge in [-0.05, 0) is 30.2 Å². The lowest BCUT2D eigenvalue weighted by Gasteiger charge is -2.06. The van der Waals surface area contributed by atoms with Crippen LogP contribution in [0.3, 0.4) is 0 Å². The third-order valence-electron chi connectivity index (χ3n) is 2.71. The first kappa shape index (κ1) is 12.7. The van der Waals surface area contributed by atoms with Gasteiger partial charge in [0.25, 0.3) is 5.69 Å². The molecule has 1 aromatic rings. The Hall–Kier alpha value is -1.72. The first-order chi connectivity index (χ1) is 8.69. The Morgan fingerprint density at radius 3 is 2.83 bits per heavy atom. The minimum Gasteiger partial charge on any atom is -0.353 e. The average molecular weight is 249 g/mol. The zero-order valence-corrected chi connectivity index (χ0v) is 10.2. The number of rotatable bonds is 4. The molecule has 1 aliphatic heterocycles. The molecule has 0 amide bonds. The van der Waals surface area contributed by atoms with Crippen LogP contribution < -0.4 is 0 Å². The second kappa shape index (κ2) is 5.75. The van der Waals surface area contributed by atoms with Gasteiger partial charge in [0.2, 0.25) is 0 Å². The summed E-state index contributed by atoms with van der Waals surface area (Å²) in [6, 6.07) is 6.47. The molecule has 1 aromatic carbocycles. The van der Waals surface area contributed by atoms with E-state index in [1.165, 1.54) is 12.1 Å². The van der Waals surface area contributed by atoms with Gasteiger partial charge in [0, 0.05) is 25.2 Å². The summed E-state index contributed by atoms with van der Waals surface area (Å²) in [6.07, 6.45) is 2.59. The maximum Gasteiger partial charge on any atom is 0.269 e. The second-order valence-corrected chi connectivity index (χ2v) is 4.05. The quantitative estimate of drug-likeness (QED) is 0.608. The summed E-state index contributed by atoms with van der Waals surface area (Å²) in [5, 5.41) is 10.5. The first-order valence-electron chi connectivity index (χ1n) is 5.86. The van der Waals surface area contributed by atoms with Crippen LogP contribution in [0.25, 0.3) is 6.08 Å². The second-order valence-electron chi connectivity index (χ2n) is 4.05. The lowest BCUT2D eigenvalue weighted by Crippen LogP contribution is -2.09. The van der Waals surface area contributed by atoms with Crippen molar-refractivity contribution in [1.29, 1.82) is 0 Å². The summed E-state index contributed by atoms with van der Waals surface area (Å²) in [5.74, 6) is 0. The van der Waals surface area contributed by atoms with Crippen LogP contribution in [0, 0.1) is 10.1 Å².